The van der Waals surface area contributed by atoms with Gasteiger partial charge in [0.05, 0.1) is 0 Å². The van der Waals surface area contributed by atoms with E-state index in [0.717, 1.165) is 90.9 Å². The summed E-state index contributed by atoms with van der Waals surface area (Å²) in [5, 5.41) is 6.48. The SMILES string of the molecule is Cl.Cl.O=C(O[C@H]1CCC[C@@H](OC(=O)N2CCNCC2)CCC1)N1CCNCC1. The maximum Gasteiger partial charge on any atom is 0.410 e. The summed E-state index contributed by atoms with van der Waals surface area (Å²) in [5.74, 6) is 0. The Hall–Kier alpha value is -0.960. The predicted molar refractivity (Wildman–Crippen MR) is 112 cm³/mol. The van der Waals surface area contributed by atoms with Gasteiger partial charge in [-0.1, -0.05) is 0 Å². The highest BCUT2D eigenvalue weighted by atomic mass is 35.5. The van der Waals surface area contributed by atoms with Crippen molar-refractivity contribution >= 4 is 37.0 Å². The Labute approximate surface area is 179 Å². The average Bonchev–Trinajstić information content (AvgIpc) is 2.66. The summed E-state index contributed by atoms with van der Waals surface area (Å²) in [5.41, 5.74) is 0. The van der Waals surface area contributed by atoms with Gasteiger partial charge in [-0.15, -0.1) is 24.8 Å². The molecule has 3 aliphatic rings. The molecule has 2 aliphatic heterocycles. The second kappa shape index (κ2) is 13.3. The van der Waals surface area contributed by atoms with Crippen LogP contribution >= 0.6 is 24.8 Å². The van der Waals surface area contributed by atoms with E-state index in [2.05, 4.69) is 10.6 Å². The van der Waals surface area contributed by atoms with Crippen molar-refractivity contribution in [2.45, 2.75) is 50.7 Å². The predicted octanol–water partition coefficient (Wildman–Crippen LogP) is 2.00. The molecule has 0 aromatic heterocycles. The second-order valence-electron chi connectivity index (χ2n) is 7.35. The fraction of sp³-hybridized carbons (Fsp3) is 0.889. The lowest BCUT2D eigenvalue weighted by Gasteiger charge is -2.31. The largest absolute Gasteiger partial charge is 0.446 e. The first-order valence-electron chi connectivity index (χ1n) is 10.0. The highest BCUT2D eigenvalue weighted by molar-refractivity contribution is 5.85. The Morgan fingerprint density at radius 1 is 0.643 bits per heavy atom. The number of carbonyl (C=O) groups excluding carboxylic acids is 2. The lowest BCUT2D eigenvalue weighted by Crippen LogP contribution is -2.47. The van der Waals surface area contributed by atoms with Crippen LogP contribution in [-0.2, 0) is 9.47 Å². The van der Waals surface area contributed by atoms with Crippen molar-refractivity contribution in [3.63, 3.8) is 0 Å². The fourth-order valence-corrected chi connectivity index (χ4v) is 3.80. The summed E-state index contributed by atoms with van der Waals surface area (Å²) < 4.78 is 11.4. The number of piperazine rings is 2. The number of rotatable bonds is 2. The van der Waals surface area contributed by atoms with Gasteiger partial charge in [0.1, 0.15) is 12.2 Å². The molecule has 164 valence electrons. The summed E-state index contributed by atoms with van der Waals surface area (Å²) in [6, 6.07) is 0. The molecule has 2 amide bonds. The minimum atomic E-state index is -0.182. The number of halogens is 2. The van der Waals surface area contributed by atoms with Gasteiger partial charge in [0.15, 0.2) is 0 Å². The van der Waals surface area contributed by atoms with E-state index >= 15 is 0 Å². The minimum absolute atomic E-state index is 0. The van der Waals surface area contributed by atoms with Crippen LogP contribution in [0.4, 0.5) is 9.59 Å². The van der Waals surface area contributed by atoms with E-state index < -0.39 is 0 Å². The van der Waals surface area contributed by atoms with Gasteiger partial charge in [-0.25, -0.2) is 9.59 Å². The van der Waals surface area contributed by atoms with Gasteiger partial charge in [-0.05, 0) is 38.5 Å². The van der Waals surface area contributed by atoms with Crippen LogP contribution in [0.1, 0.15) is 38.5 Å². The molecule has 3 fully saturated rings. The van der Waals surface area contributed by atoms with Gasteiger partial charge in [0.2, 0.25) is 0 Å². The smallest absolute Gasteiger partial charge is 0.410 e. The van der Waals surface area contributed by atoms with Crippen molar-refractivity contribution in [1.29, 1.82) is 0 Å². The zero-order chi connectivity index (χ0) is 18.2. The molecule has 2 heterocycles. The maximum atomic E-state index is 12.2. The van der Waals surface area contributed by atoms with E-state index in [4.69, 9.17) is 9.47 Å². The van der Waals surface area contributed by atoms with Gasteiger partial charge in [0.25, 0.3) is 0 Å². The van der Waals surface area contributed by atoms with Crippen molar-refractivity contribution in [2.24, 2.45) is 0 Å². The van der Waals surface area contributed by atoms with Crippen molar-refractivity contribution in [3.8, 4) is 0 Å². The molecular formula is C18H34Cl2N4O4. The van der Waals surface area contributed by atoms with Crippen LogP contribution in [-0.4, -0.2) is 86.6 Å². The van der Waals surface area contributed by atoms with Gasteiger partial charge < -0.3 is 29.9 Å². The minimum Gasteiger partial charge on any atom is -0.446 e. The topological polar surface area (TPSA) is 83.1 Å². The number of nitrogens with one attached hydrogen (secondary N) is 2. The monoisotopic (exact) mass is 440 g/mol. The van der Waals surface area contributed by atoms with Crippen LogP contribution in [0.2, 0.25) is 0 Å². The van der Waals surface area contributed by atoms with Crippen LogP contribution in [0.15, 0.2) is 0 Å². The van der Waals surface area contributed by atoms with Crippen LogP contribution in [0.5, 0.6) is 0 Å². The van der Waals surface area contributed by atoms with Crippen LogP contribution in [0.3, 0.4) is 0 Å². The van der Waals surface area contributed by atoms with Crippen LogP contribution in [0, 0.1) is 0 Å². The van der Waals surface area contributed by atoms with E-state index in [9.17, 15) is 9.59 Å². The summed E-state index contributed by atoms with van der Waals surface area (Å²) in [6.45, 7) is 6.20. The van der Waals surface area contributed by atoms with Crippen LogP contribution in [0.25, 0.3) is 0 Å². The number of hydrogen-bond donors (Lipinski definition) is 2. The van der Waals surface area contributed by atoms with Crippen molar-refractivity contribution in [1.82, 2.24) is 20.4 Å². The zero-order valence-electron chi connectivity index (χ0n) is 16.4. The molecule has 0 unspecified atom stereocenters. The van der Waals surface area contributed by atoms with E-state index in [1.54, 1.807) is 9.80 Å². The Morgan fingerprint density at radius 3 is 1.29 bits per heavy atom. The van der Waals surface area contributed by atoms with Gasteiger partial charge in [-0.3, -0.25) is 0 Å². The van der Waals surface area contributed by atoms with Crippen molar-refractivity contribution < 1.29 is 19.1 Å². The van der Waals surface area contributed by atoms with E-state index in [1.807, 2.05) is 0 Å². The maximum absolute atomic E-state index is 12.2. The van der Waals surface area contributed by atoms with Gasteiger partial charge in [0, 0.05) is 52.4 Å². The van der Waals surface area contributed by atoms with E-state index in [0.29, 0.717) is 0 Å². The quantitative estimate of drug-likeness (QED) is 0.682. The van der Waals surface area contributed by atoms with Crippen molar-refractivity contribution in [2.75, 3.05) is 52.4 Å². The highest BCUT2D eigenvalue weighted by Gasteiger charge is 2.26. The molecule has 2 N–H and O–H groups in total. The molecule has 0 aromatic carbocycles. The molecule has 2 saturated heterocycles. The normalized spacial score (nSPS) is 26.0. The van der Waals surface area contributed by atoms with Gasteiger partial charge >= 0.3 is 12.2 Å². The molecule has 0 aromatic rings. The first-order valence-corrected chi connectivity index (χ1v) is 10.0. The molecule has 0 atom stereocenters. The molecule has 1 aliphatic carbocycles. The van der Waals surface area contributed by atoms with Crippen molar-refractivity contribution in [3.05, 3.63) is 0 Å². The number of ether oxygens (including phenoxy) is 2. The summed E-state index contributed by atoms with van der Waals surface area (Å²) in [4.78, 5) is 28.1. The molecule has 8 nitrogen and oxygen atoms in total. The van der Waals surface area contributed by atoms with Crippen LogP contribution < -0.4 is 10.6 Å². The molecule has 28 heavy (non-hydrogen) atoms. The lowest BCUT2D eigenvalue weighted by molar-refractivity contribution is 0.0254. The third kappa shape index (κ3) is 7.81. The summed E-state index contributed by atoms with van der Waals surface area (Å²) >= 11 is 0. The molecule has 0 radical (unpaired) electrons. The Bertz CT molecular complexity index is 425. The Kier molecular flexibility index (Phi) is 11.9. The average molecular weight is 441 g/mol. The first-order chi connectivity index (χ1) is 12.7. The van der Waals surface area contributed by atoms with E-state index in [1.165, 1.54) is 0 Å². The Balaban J connectivity index is 0.00000196. The zero-order valence-corrected chi connectivity index (χ0v) is 18.0. The Morgan fingerprint density at radius 2 is 0.964 bits per heavy atom. The number of nitrogens with zero attached hydrogens (tertiary/aromatic N) is 2. The standard InChI is InChI=1S/C18H32N4O4.2ClH/c23-17(21-11-7-19-8-12-21)25-15-3-1-4-16(6-2-5-15)26-18(24)22-13-9-20-10-14-22;;/h15-16,19-20H,1-14H2;2*1H/t15-,16+;;. The fourth-order valence-electron chi connectivity index (χ4n) is 3.80. The number of amides is 2. The molecule has 10 heteroatoms. The number of hydrogen-bond acceptors (Lipinski definition) is 6. The molecule has 1 saturated carbocycles. The highest BCUT2D eigenvalue weighted by Crippen LogP contribution is 2.23. The lowest BCUT2D eigenvalue weighted by atomic mass is 9.96. The van der Waals surface area contributed by atoms with Gasteiger partial charge in [-0.2, -0.15) is 0 Å². The first kappa shape index (κ1) is 25.1. The summed E-state index contributed by atoms with van der Waals surface area (Å²) in [6.07, 6.45) is 4.83. The molecule has 0 bridgehead atoms. The molecule has 0 spiro atoms. The third-order valence-corrected chi connectivity index (χ3v) is 5.39. The summed E-state index contributed by atoms with van der Waals surface area (Å²) in [7, 11) is 0. The molecular weight excluding hydrogens is 407 g/mol. The number of carbonyl (C=O) groups is 2. The second-order valence-corrected chi connectivity index (χ2v) is 7.35. The third-order valence-electron chi connectivity index (χ3n) is 5.39. The van der Waals surface area contributed by atoms with E-state index in [-0.39, 0.29) is 49.2 Å². The molecule has 3 rings (SSSR count).